The van der Waals surface area contributed by atoms with Crippen LogP contribution in [0.2, 0.25) is 0 Å². The zero-order valence-electron chi connectivity index (χ0n) is 21.2. The SMILES string of the molecule is Cc1cc(C#Cc2cccc(-c3ccc4c(c3)OCCO4)c2C)cc(OCc2cccc(C#N)c2)c1C=O. The topological polar surface area (TPSA) is 68.6 Å². The monoisotopic (exact) mass is 499 g/mol. The van der Waals surface area contributed by atoms with E-state index in [4.69, 9.17) is 19.5 Å². The number of ether oxygens (including phenoxy) is 3. The van der Waals surface area contributed by atoms with Gasteiger partial charge in [-0.05, 0) is 84.1 Å². The summed E-state index contributed by atoms with van der Waals surface area (Å²) in [5.74, 6) is 8.52. The number of aryl methyl sites for hydroxylation is 1. The number of fused-ring (bicyclic) bond motifs is 1. The highest BCUT2D eigenvalue weighted by molar-refractivity contribution is 5.82. The summed E-state index contributed by atoms with van der Waals surface area (Å²) >= 11 is 0. The summed E-state index contributed by atoms with van der Waals surface area (Å²) in [5.41, 5.74) is 7.52. The molecule has 0 bridgehead atoms. The number of rotatable bonds is 5. The second kappa shape index (κ2) is 10.9. The van der Waals surface area contributed by atoms with E-state index >= 15 is 0 Å². The van der Waals surface area contributed by atoms with Crippen molar-refractivity contribution in [2.75, 3.05) is 13.2 Å². The molecule has 0 aromatic heterocycles. The van der Waals surface area contributed by atoms with E-state index in [0.29, 0.717) is 30.1 Å². The molecule has 0 unspecified atom stereocenters. The largest absolute Gasteiger partial charge is 0.488 e. The van der Waals surface area contributed by atoms with E-state index in [9.17, 15) is 4.79 Å². The lowest BCUT2D eigenvalue weighted by molar-refractivity contribution is 0.111. The molecule has 0 aliphatic carbocycles. The molecule has 0 amide bonds. The number of aldehydes is 1. The molecule has 0 spiro atoms. The summed E-state index contributed by atoms with van der Waals surface area (Å²) in [5, 5.41) is 9.14. The van der Waals surface area contributed by atoms with Gasteiger partial charge >= 0.3 is 0 Å². The van der Waals surface area contributed by atoms with Crippen LogP contribution in [0.1, 0.15) is 43.7 Å². The number of nitrogens with zero attached hydrogens (tertiary/aromatic N) is 1. The molecule has 1 aliphatic rings. The lowest BCUT2D eigenvalue weighted by Gasteiger charge is -2.19. The van der Waals surface area contributed by atoms with E-state index in [0.717, 1.165) is 56.7 Å². The molecule has 0 saturated heterocycles. The van der Waals surface area contributed by atoms with Crippen LogP contribution in [0.5, 0.6) is 17.2 Å². The molecule has 1 aliphatic heterocycles. The number of hydrogen-bond acceptors (Lipinski definition) is 5. The van der Waals surface area contributed by atoms with Crippen LogP contribution >= 0.6 is 0 Å². The van der Waals surface area contributed by atoms with Gasteiger partial charge in [0.2, 0.25) is 0 Å². The van der Waals surface area contributed by atoms with Gasteiger partial charge in [0.25, 0.3) is 0 Å². The van der Waals surface area contributed by atoms with Crippen molar-refractivity contribution in [1.29, 1.82) is 5.26 Å². The molecule has 5 nitrogen and oxygen atoms in total. The number of carbonyl (C=O) groups excluding carboxylic acids is 1. The van der Waals surface area contributed by atoms with E-state index in [1.165, 1.54) is 0 Å². The highest BCUT2D eigenvalue weighted by Crippen LogP contribution is 2.36. The maximum Gasteiger partial charge on any atom is 0.161 e. The van der Waals surface area contributed by atoms with Crippen LogP contribution in [0, 0.1) is 37.0 Å². The van der Waals surface area contributed by atoms with Gasteiger partial charge in [0.05, 0.1) is 17.2 Å². The molecular formula is C33H25NO4. The Labute approximate surface area is 222 Å². The molecule has 0 saturated carbocycles. The van der Waals surface area contributed by atoms with Gasteiger partial charge < -0.3 is 14.2 Å². The first-order valence-corrected chi connectivity index (χ1v) is 12.3. The van der Waals surface area contributed by atoms with Crippen molar-refractivity contribution in [1.82, 2.24) is 0 Å². The lowest BCUT2D eigenvalue weighted by atomic mass is 9.96. The summed E-state index contributed by atoms with van der Waals surface area (Å²) < 4.78 is 17.4. The smallest absolute Gasteiger partial charge is 0.161 e. The molecule has 186 valence electrons. The molecular weight excluding hydrogens is 474 g/mol. The van der Waals surface area contributed by atoms with Gasteiger partial charge in [-0.15, -0.1) is 0 Å². The van der Waals surface area contributed by atoms with Crippen molar-refractivity contribution in [2.24, 2.45) is 0 Å². The van der Waals surface area contributed by atoms with Gasteiger partial charge in [-0.2, -0.15) is 5.26 Å². The van der Waals surface area contributed by atoms with Gasteiger partial charge in [0, 0.05) is 11.1 Å². The van der Waals surface area contributed by atoms with Crippen LogP contribution in [-0.2, 0) is 6.61 Å². The van der Waals surface area contributed by atoms with E-state index in [1.54, 1.807) is 18.2 Å². The van der Waals surface area contributed by atoms with Crippen molar-refractivity contribution < 1.29 is 19.0 Å². The molecule has 1 heterocycles. The zero-order valence-corrected chi connectivity index (χ0v) is 21.2. The molecule has 5 heteroatoms. The Morgan fingerprint density at radius 1 is 0.895 bits per heavy atom. The highest BCUT2D eigenvalue weighted by Gasteiger charge is 2.14. The van der Waals surface area contributed by atoms with E-state index in [-0.39, 0.29) is 6.61 Å². The van der Waals surface area contributed by atoms with Crippen LogP contribution in [0.4, 0.5) is 0 Å². The zero-order chi connectivity index (χ0) is 26.5. The predicted octanol–water partition coefficient (Wildman–Crippen LogP) is 6.40. The van der Waals surface area contributed by atoms with Crippen molar-refractivity contribution in [3.8, 4) is 46.3 Å². The molecule has 0 N–H and O–H groups in total. The van der Waals surface area contributed by atoms with Gasteiger partial charge in [-0.3, -0.25) is 4.79 Å². The first kappa shape index (κ1) is 24.7. The van der Waals surface area contributed by atoms with Crippen LogP contribution < -0.4 is 14.2 Å². The Hall–Kier alpha value is -5.00. The summed E-state index contributed by atoms with van der Waals surface area (Å²) in [6.45, 7) is 5.27. The third-order valence-electron chi connectivity index (χ3n) is 6.45. The quantitative estimate of drug-likeness (QED) is 0.235. The van der Waals surface area contributed by atoms with Crippen LogP contribution in [-0.4, -0.2) is 19.5 Å². The van der Waals surface area contributed by atoms with E-state index < -0.39 is 0 Å². The van der Waals surface area contributed by atoms with Crippen molar-refractivity contribution in [2.45, 2.75) is 20.5 Å². The molecule has 38 heavy (non-hydrogen) atoms. The maximum atomic E-state index is 11.8. The number of nitriles is 1. The third kappa shape index (κ3) is 5.24. The highest BCUT2D eigenvalue weighted by atomic mass is 16.6. The minimum Gasteiger partial charge on any atom is -0.488 e. The van der Waals surface area contributed by atoms with Gasteiger partial charge in [0.15, 0.2) is 17.8 Å². The number of hydrogen-bond donors (Lipinski definition) is 0. The van der Waals surface area contributed by atoms with Crippen molar-refractivity contribution in [3.63, 3.8) is 0 Å². The fraction of sp³-hybridized carbons (Fsp3) is 0.152. The molecule has 0 atom stereocenters. The molecule has 4 aromatic carbocycles. The number of carbonyl (C=O) groups is 1. The van der Waals surface area contributed by atoms with Crippen LogP contribution in [0.3, 0.4) is 0 Å². The first-order chi connectivity index (χ1) is 18.6. The second-order valence-corrected chi connectivity index (χ2v) is 9.01. The normalized spacial score (nSPS) is 11.6. The van der Waals surface area contributed by atoms with Crippen LogP contribution in [0.25, 0.3) is 11.1 Å². The van der Waals surface area contributed by atoms with Crippen LogP contribution in [0.15, 0.2) is 72.8 Å². The minimum atomic E-state index is 0.239. The van der Waals surface area contributed by atoms with Gasteiger partial charge in [-0.1, -0.05) is 42.2 Å². The third-order valence-corrected chi connectivity index (χ3v) is 6.45. The first-order valence-electron chi connectivity index (χ1n) is 12.3. The molecule has 4 aromatic rings. The molecule has 5 rings (SSSR count). The predicted molar refractivity (Wildman–Crippen MR) is 146 cm³/mol. The Bertz CT molecular complexity index is 1640. The summed E-state index contributed by atoms with van der Waals surface area (Å²) in [4.78, 5) is 11.8. The summed E-state index contributed by atoms with van der Waals surface area (Å²) in [6, 6.07) is 25.1. The average Bonchev–Trinajstić information content (AvgIpc) is 2.95. The Balaban J connectivity index is 1.43. The minimum absolute atomic E-state index is 0.239. The van der Waals surface area contributed by atoms with E-state index in [1.807, 2.05) is 55.5 Å². The Morgan fingerprint density at radius 2 is 1.71 bits per heavy atom. The second-order valence-electron chi connectivity index (χ2n) is 9.01. The fourth-order valence-corrected chi connectivity index (χ4v) is 4.43. The van der Waals surface area contributed by atoms with E-state index in [2.05, 4.69) is 30.9 Å². The van der Waals surface area contributed by atoms with Crippen molar-refractivity contribution in [3.05, 3.63) is 112 Å². The fourth-order valence-electron chi connectivity index (χ4n) is 4.43. The lowest BCUT2D eigenvalue weighted by Crippen LogP contribution is -2.15. The molecule has 0 radical (unpaired) electrons. The Morgan fingerprint density at radius 3 is 2.53 bits per heavy atom. The standard InChI is InChI=1S/C33H25NO4/c1-22-15-24(17-32(30(22)20-35)38-21-26-6-3-5-25(16-26)19-34)9-10-27-7-4-8-29(23(27)2)28-11-12-31-33(18-28)37-14-13-36-31/h3-8,11-12,15-18,20H,13-14,21H2,1-2H3. The van der Waals surface area contributed by atoms with Gasteiger partial charge in [0.1, 0.15) is 25.6 Å². The Kier molecular flexibility index (Phi) is 7.11. The van der Waals surface area contributed by atoms with Gasteiger partial charge in [-0.25, -0.2) is 0 Å². The molecule has 0 fully saturated rings. The number of benzene rings is 4. The maximum absolute atomic E-state index is 11.8. The summed E-state index contributed by atoms with van der Waals surface area (Å²) in [7, 11) is 0. The summed E-state index contributed by atoms with van der Waals surface area (Å²) in [6.07, 6.45) is 0.800. The average molecular weight is 500 g/mol. The van der Waals surface area contributed by atoms with Crippen molar-refractivity contribution >= 4 is 6.29 Å².